The number of rotatable bonds is 26. The molecule has 3 N–H and O–H groups in total. The summed E-state index contributed by atoms with van der Waals surface area (Å²) in [7, 11) is 0. The van der Waals surface area contributed by atoms with Gasteiger partial charge in [-0.25, -0.2) is 0 Å². The lowest BCUT2D eigenvalue weighted by molar-refractivity contribution is 0.0734. The molecule has 0 amide bonds. The molecule has 0 fully saturated rings. The van der Waals surface area contributed by atoms with E-state index in [1.807, 2.05) is 36.4 Å². The van der Waals surface area contributed by atoms with Gasteiger partial charge in [0.15, 0.2) is 5.78 Å². The van der Waals surface area contributed by atoms with E-state index in [0.29, 0.717) is 6.61 Å². The van der Waals surface area contributed by atoms with E-state index in [9.17, 15) is 4.79 Å². The molecule has 0 saturated heterocycles. The number of unbranched alkanes of at least 4 members (excludes halogenated alkanes) is 6. The number of nitrogens with two attached hydrogens (primary N) is 1. The molecule has 2 aromatic carbocycles. The maximum atomic E-state index is 14.6. The first kappa shape index (κ1) is 38.6. The molecule has 262 valence electrons. The number of hydrogen-bond donors (Lipinski definition) is 2. The molecule has 1 heterocycles. The van der Waals surface area contributed by atoms with Gasteiger partial charge >= 0.3 is 0 Å². The molecule has 3 rings (SSSR count). The summed E-state index contributed by atoms with van der Waals surface area (Å²) in [6.07, 6.45) is 14.6. The molecule has 0 bridgehead atoms. The Balaban J connectivity index is 1.83. The van der Waals surface area contributed by atoms with Crippen LogP contribution in [0.2, 0.25) is 0 Å². The highest BCUT2D eigenvalue weighted by Gasteiger charge is 2.35. The maximum absolute atomic E-state index is 14.6. The minimum Gasteiger partial charge on any atom is -0.494 e. The van der Waals surface area contributed by atoms with Crippen molar-refractivity contribution >= 4 is 22.4 Å². The molecule has 6 heteroatoms. The van der Waals surface area contributed by atoms with Gasteiger partial charge in [-0.15, -0.1) is 0 Å². The minimum atomic E-state index is -0.148. The summed E-state index contributed by atoms with van der Waals surface area (Å²) in [5, 5.41) is 1.11. The van der Waals surface area contributed by atoms with E-state index in [1.54, 1.807) is 0 Å². The smallest absolute Gasteiger partial charge is 0.167 e. The summed E-state index contributed by atoms with van der Waals surface area (Å²) >= 11 is 0. The van der Waals surface area contributed by atoms with E-state index in [4.69, 9.17) is 10.5 Å². The number of Topliss-reactive ketones (excluding diaryl/α,β-unsaturated/α-hetero) is 1. The molecule has 1 aromatic heterocycles. The second-order valence-electron chi connectivity index (χ2n) is 13.5. The van der Waals surface area contributed by atoms with Gasteiger partial charge in [-0.3, -0.25) is 9.69 Å². The van der Waals surface area contributed by atoms with Crippen LogP contribution in [0.3, 0.4) is 0 Å². The first-order valence-electron chi connectivity index (χ1n) is 19.1. The molecule has 0 radical (unpaired) electrons. The number of fused-ring (bicyclic) bond motifs is 1. The van der Waals surface area contributed by atoms with Gasteiger partial charge in [0.1, 0.15) is 5.75 Å². The van der Waals surface area contributed by atoms with Gasteiger partial charge in [0.2, 0.25) is 0 Å². The predicted molar refractivity (Wildman–Crippen MR) is 202 cm³/mol. The van der Waals surface area contributed by atoms with Gasteiger partial charge in [0, 0.05) is 40.3 Å². The Labute approximate surface area is 286 Å². The lowest BCUT2D eigenvalue weighted by Gasteiger charge is -2.36. The topological polar surface area (TPSA) is 74.6 Å². The van der Waals surface area contributed by atoms with Crippen molar-refractivity contribution in [2.75, 3.05) is 45.1 Å². The van der Waals surface area contributed by atoms with Crippen LogP contribution in [0.4, 0.5) is 5.69 Å². The van der Waals surface area contributed by atoms with Crippen LogP contribution in [-0.4, -0.2) is 59.9 Å². The monoisotopic (exact) mass is 647 g/mol. The lowest BCUT2D eigenvalue weighted by atomic mass is 9.83. The summed E-state index contributed by atoms with van der Waals surface area (Å²) < 4.78 is 6.17. The number of aromatic nitrogens is 1. The van der Waals surface area contributed by atoms with Crippen molar-refractivity contribution in [3.05, 3.63) is 59.8 Å². The van der Waals surface area contributed by atoms with Crippen LogP contribution in [-0.2, 0) is 0 Å². The van der Waals surface area contributed by atoms with Crippen molar-refractivity contribution in [3.8, 4) is 5.75 Å². The number of carbonyl (C=O) groups is 1. The molecular weight excluding hydrogens is 580 g/mol. The highest BCUT2D eigenvalue weighted by Crippen LogP contribution is 2.37. The number of ether oxygens (including phenoxy) is 1. The number of benzene rings is 2. The van der Waals surface area contributed by atoms with E-state index < -0.39 is 0 Å². The van der Waals surface area contributed by atoms with Crippen molar-refractivity contribution in [1.82, 2.24) is 14.8 Å². The van der Waals surface area contributed by atoms with Crippen molar-refractivity contribution < 1.29 is 9.53 Å². The lowest BCUT2D eigenvalue weighted by Crippen LogP contribution is -2.39. The Kier molecular flexibility index (Phi) is 18.0. The van der Waals surface area contributed by atoms with Crippen LogP contribution < -0.4 is 10.5 Å². The first-order valence-corrected chi connectivity index (χ1v) is 19.1. The second-order valence-corrected chi connectivity index (χ2v) is 13.5. The molecule has 2 atom stereocenters. The van der Waals surface area contributed by atoms with Gasteiger partial charge < -0.3 is 20.4 Å². The number of aromatic amines is 1. The normalized spacial score (nSPS) is 13.1. The summed E-state index contributed by atoms with van der Waals surface area (Å²) in [5.41, 5.74) is 9.91. The van der Waals surface area contributed by atoms with E-state index in [1.165, 1.54) is 38.8 Å². The molecule has 0 spiro atoms. The summed E-state index contributed by atoms with van der Waals surface area (Å²) in [6.45, 7) is 17.3. The van der Waals surface area contributed by atoms with Gasteiger partial charge in [0.05, 0.1) is 12.6 Å². The van der Waals surface area contributed by atoms with Gasteiger partial charge in [-0.05, 0) is 113 Å². The number of hydrogen-bond acceptors (Lipinski definition) is 5. The third-order valence-corrected chi connectivity index (χ3v) is 9.49. The molecule has 0 saturated carbocycles. The van der Waals surface area contributed by atoms with E-state index in [0.717, 1.165) is 111 Å². The fourth-order valence-electron chi connectivity index (χ4n) is 6.67. The zero-order chi connectivity index (χ0) is 33.9. The maximum Gasteiger partial charge on any atom is 0.167 e. The van der Waals surface area contributed by atoms with Crippen LogP contribution in [0, 0.1) is 5.92 Å². The van der Waals surface area contributed by atoms with Crippen LogP contribution >= 0.6 is 0 Å². The molecule has 0 aliphatic rings. The van der Waals surface area contributed by atoms with Crippen LogP contribution in [0.5, 0.6) is 5.75 Å². The van der Waals surface area contributed by atoms with E-state index >= 15 is 0 Å². The number of carbonyl (C=O) groups excluding carboxylic acids is 1. The van der Waals surface area contributed by atoms with Gasteiger partial charge in [-0.2, -0.15) is 0 Å². The van der Waals surface area contributed by atoms with Crippen molar-refractivity contribution in [2.24, 2.45) is 5.92 Å². The Hall–Kier alpha value is -2.83. The molecule has 2 unspecified atom stereocenters. The zero-order valence-electron chi connectivity index (χ0n) is 30.5. The average molecular weight is 647 g/mol. The third kappa shape index (κ3) is 12.6. The SMILES string of the molecule is CCCCCC(C(=O)c1ccc(OCCCN(CCCC)CCCC)cc1)C(c1cc2cc(N)ccc2[nH]1)N(CCCC)CCCC. The van der Waals surface area contributed by atoms with Crippen LogP contribution in [0.15, 0.2) is 48.5 Å². The molecule has 6 nitrogen and oxygen atoms in total. The minimum absolute atomic E-state index is 0.0228. The highest BCUT2D eigenvalue weighted by atomic mass is 16.5. The van der Waals surface area contributed by atoms with E-state index in [-0.39, 0.29) is 17.7 Å². The number of anilines is 1. The third-order valence-electron chi connectivity index (χ3n) is 9.49. The summed E-state index contributed by atoms with van der Waals surface area (Å²) in [4.78, 5) is 23.5. The Morgan fingerprint density at radius 1 is 0.723 bits per heavy atom. The van der Waals surface area contributed by atoms with Crippen molar-refractivity contribution in [1.29, 1.82) is 0 Å². The quantitative estimate of drug-likeness (QED) is 0.0516. The number of ketones is 1. The molecule has 47 heavy (non-hydrogen) atoms. The molecule has 0 aliphatic carbocycles. The number of nitrogens with zero attached hydrogens (tertiary/aromatic N) is 2. The van der Waals surface area contributed by atoms with Gasteiger partial charge in [0.25, 0.3) is 0 Å². The average Bonchev–Trinajstić information content (AvgIpc) is 3.50. The predicted octanol–water partition coefficient (Wildman–Crippen LogP) is 10.4. The zero-order valence-corrected chi connectivity index (χ0v) is 30.5. The highest BCUT2D eigenvalue weighted by molar-refractivity contribution is 5.98. The Morgan fingerprint density at radius 3 is 1.94 bits per heavy atom. The molecule has 0 aliphatic heterocycles. The largest absolute Gasteiger partial charge is 0.494 e. The summed E-state index contributed by atoms with van der Waals surface area (Å²) in [5.74, 6) is 0.927. The van der Waals surface area contributed by atoms with Crippen molar-refractivity contribution in [2.45, 2.75) is 124 Å². The first-order chi connectivity index (χ1) is 22.9. The molecule has 3 aromatic rings. The number of nitrogens with one attached hydrogen (secondary N) is 1. The van der Waals surface area contributed by atoms with Gasteiger partial charge in [-0.1, -0.05) is 79.6 Å². The van der Waals surface area contributed by atoms with Crippen LogP contribution in [0.25, 0.3) is 10.9 Å². The fraction of sp³-hybridized carbons (Fsp3) is 0.634. The number of nitrogen functional groups attached to an aromatic ring is 1. The van der Waals surface area contributed by atoms with E-state index in [2.05, 4.69) is 61.5 Å². The standard InChI is InChI=1S/C41H66N4O2/c1-6-11-16-18-37(40(45(28-14-9-4)29-15-10-5)39-32-34-31-35(42)21-24-38(34)43-39)41(46)33-19-22-36(23-20-33)47-30-17-27-44(25-12-7-2)26-13-8-3/h19-24,31-32,37,40,43H,6-18,25-30,42H2,1-5H3. The Morgan fingerprint density at radius 2 is 1.32 bits per heavy atom. The number of H-pyrrole nitrogens is 1. The second kappa shape index (κ2) is 21.9. The summed E-state index contributed by atoms with van der Waals surface area (Å²) in [6, 6.07) is 16.2. The van der Waals surface area contributed by atoms with Crippen molar-refractivity contribution in [3.63, 3.8) is 0 Å². The molecular formula is C41H66N4O2. The fourth-order valence-corrected chi connectivity index (χ4v) is 6.67. The van der Waals surface area contributed by atoms with Crippen LogP contribution in [0.1, 0.15) is 140 Å². The Bertz CT molecular complexity index is 1250.